The Morgan fingerprint density at radius 1 is 1.15 bits per heavy atom. The molecule has 0 radical (unpaired) electrons. The Labute approximate surface area is 179 Å². The van der Waals surface area contributed by atoms with Gasteiger partial charge >= 0.3 is 6.09 Å². The van der Waals surface area contributed by atoms with Gasteiger partial charge in [0.05, 0.1) is 12.6 Å². The van der Waals surface area contributed by atoms with Crippen LogP contribution < -0.4 is 16.0 Å². The molecule has 1 aromatic carbocycles. The van der Waals surface area contributed by atoms with Gasteiger partial charge in [0.2, 0.25) is 0 Å². The van der Waals surface area contributed by atoms with Crippen molar-refractivity contribution in [3.05, 3.63) is 35.9 Å². The summed E-state index contributed by atoms with van der Waals surface area (Å²) in [6, 6.07) is 9.83. The molecule has 0 spiro atoms. The zero-order valence-electron chi connectivity index (χ0n) is 16.6. The van der Waals surface area contributed by atoms with E-state index in [0.717, 1.165) is 5.56 Å². The number of hydrogen-bond acceptors (Lipinski definition) is 4. The SMILES string of the molecule is CCNC(=NCC(O)Cc1ccccc1)NCCNC(=O)OC(C)(C)C.I. The molecule has 0 saturated carbocycles. The van der Waals surface area contributed by atoms with Crippen LogP contribution in [0.25, 0.3) is 0 Å². The van der Waals surface area contributed by atoms with Crippen LogP contribution >= 0.6 is 24.0 Å². The molecule has 0 saturated heterocycles. The third-order valence-electron chi connectivity index (χ3n) is 3.20. The van der Waals surface area contributed by atoms with E-state index >= 15 is 0 Å². The molecule has 154 valence electrons. The number of nitrogens with one attached hydrogen (secondary N) is 3. The standard InChI is InChI=1S/C19H32N4O3.HI/c1-5-20-17(21-11-12-22-18(25)26-19(2,3)4)23-14-16(24)13-15-9-7-6-8-10-15;/h6-10,16,24H,5,11-14H2,1-4H3,(H,22,25)(H2,20,21,23);1H. The number of rotatable bonds is 8. The first-order chi connectivity index (χ1) is 12.3. The lowest BCUT2D eigenvalue weighted by Gasteiger charge is -2.20. The van der Waals surface area contributed by atoms with Gasteiger partial charge in [-0.3, -0.25) is 4.99 Å². The van der Waals surface area contributed by atoms with Gasteiger partial charge in [0, 0.05) is 26.1 Å². The number of aliphatic hydroxyl groups excluding tert-OH is 1. The first-order valence-corrected chi connectivity index (χ1v) is 9.01. The van der Waals surface area contributed by atoms with Crippen LogP contribution in [0.3, 0.4) is 0 Å². The number of aliphatic imine (C=N–C) groups is 1. The molecule has 0 aliphatic heterocycles. The molecule has 0 aromatic heterocycles. The van der Waals surface area contributed by atoms with Crippen molar-refractivity contribution in [1.29, 1.82) is 0 Å². The van der Waals surface area contributed by atoms with Crippen LogP contribution in [0.1, 0.15) is 33.3 Å². The molecular formula is C19H33IN4O3. The zero-order valence-corrected chi connectivity index (χ0v) is 18.9. The van der Waals surface area contributed by atoms with Crippen LogP contribution in [0.5, 0.6) is 0 Å². The number of hydrogen-bond donors (Lipinski definition) is 4. The van der Waals surface area contributed by atoms with E-state index in [0.29, 0.717) is 38.6 Å². The van der Waals surface area contributed by atoms with Crippen molar-refractivity contribution in [3.63, 3.8) is 0 Å². The van der Waals surface area contributed by atoms with Crippen LogP contribution in [0.15, 0.2) is 35.3 Å². The molecule has 1 unspecified atom stereocenters. The number of carbonyl (C=O) groups excluding carboxylic acids is 1. The van der Waals surface area contributed by atoms with Gasteiger partial charge in [0.25, 0.3) is 0 Å². The highest BCUT2D eigenvalue weighted by molar-refractivity contribution is 14.0. The molecule has 4 N–H and O–H groups in total. The monoisotopic (exact) mass is 492 g/mol. The van der Waals surface area contributed by atoms with E-state index in [9.17, 15) is 9.90 Å². The third-order valence-corrected chi connectivity index (χ3v) is 3.20. The highest BCUT2D eigenvalue weighted by Crippen LogP contribution is 2.06. The summed E-state index contributed by atoms with van der Waals surface area (Å²) in [4.78, 5) is 16.0. The molecule has 0 bridgehead atoms. The molecule has 1 atom stereocenters. The second-order valence-corrected chi connectivity index (χ2v) is 6.92. The van der Waals surface area contributed by atoms with Crippen molar-refractivity contribution < 1.29 is 14.6 Å². The minimum absolute atomic E-state index is 0. The van der Waals surface area contributed by atoms with Crippen molar-refractivity contribution in [2.24, 2.45) is 4.99 Å². The number of halogens is 1. The Morgan fingerprint density at radius 2 is 1.78 bits per heavy atom. The van der Waals surface area contributed by atoms with Gasteiger partial charge in [-0.1, -0.05) is 30.3 Å². The van der Waals surface area contributed by atoms with Gasteiger partial charge in [0.15, 0.2) is 5.96 Å². The first kappa shape index (κ1) is 25.4. The number of ether oxygens (including phenoxy) is 1. The maximum atomic E-state index is 11.6. The average molecular weight is 492 g/mol. The summed E-state index contributed by atoms with van der Waals surface area (Å²) < 4.78 is 5.17. The van der Waals surface area contributed by atoms with E-state index in [1.54, 1.807) is 0 Å². The largest absolute Gasteiger partial charge is 0.444 e. The summed E-state index contributed by atoms with van der Waals surface area (Å²) in [7, 11) is 0. The van der Waals surface area contributed by atoms with Gasteiger partial charge in [-0.25, -0.2) is 4.79 Å². The van der Waals surface area contributed by atoms with Crippen molar-refractivity contribution >= 4 is 36.0 Å². The number of amides is 1. The predicted molar refractivity (Wildman–Crippen MR) is 120 cm³/mol. The fourth-order valence-corrected chi connectivity index (χ4v) is 2.15. The van der Waals surface area contributed by atoms with E-state index in [2.05, 4.69) is 20.9 Å². The topological polar surface area (TPSA) is 95.0 Å². The first-order valence-electron chi connectivity index (χ1n) is 9.01. The van der Waals surface area contributed by atoms with Gasteiger partial charge in [-0.15, -0.1) is 24.0 Å². The zero-order chi connectivity index (χ0) is 19.4. The fourth-order valence-electron chi connectivity index (χ4n) is 2.15. The molecular weight excluding hydrogens is 459 g/mol. The van der Waals surface area contributed by atoms with Gasteiger partial charge in [-0.2, -0.15) is 0 Å². The molecule has 0 aliphatic carbocycles. The Bertz CT molecular complexity index is 562. The highest BCUT2D eigenvalue weighted by Gasteiger charge is 2.15. The second kappa shape index (κ2) is 13.6. The van der Waals surface area contributed by atoms with Gasteiger partial charge in [0.1, 0.15) is 5.60 Å². The maximum absolute atomic E-state index is 11.6. The molecule has 0 heterocycles. The summed E-state index contributed by atoms with van der Waals surface area (Å²) >= 11 is 0. The number of aliphatic hydroxyl groups is 1. The molecule has 7 nitrogen and oxygen atoms in total. The lowest BCUT2D eigenvalue weighted by atomic mass is 10.1. The average Bonchev–Trinajstić information content (AvgIpc) is 2.55. The summed E-state index contributed by atoms with van der Waals surface area (Å²) in [5.41, 5.74) is 0.567. The molecule has 0 fully saturated rings. The summed E-state index contributed by atoms with van der Waals surface area (Å²) in [6.45, 7) is 9.34. The lowest BCUT2D eigenvalue weighted by Crippen LogP contribution is -2.42. The second-order valence-electron chi connectivity index (χ2n) is 6.92. The van der Waals surface area contributed by atoms with Crippen molar-refractivity contribution in [3.8, 4) is 0 Å². The Morgan fingerprint density at radius 3 is 2.37 bits per heavy atom. The van der Waals surface area contributed by atoms with E-state index < -0.39 is 17.8 Å². The van der Waals surface area contributed by atoms with Crippen molar-refractivity contribution in [2.75, 3.05) is 26.2 Å². The number of alkyl carbamates (subject to hydrolysis) is 1. The molecule has 8 heteroatoms. The Hall–Kier alpha value is -1.55. The van der Waals surface area contributed by atoms with Crippen LogP contribution in [-0.4, -0.2) is 55.0 Å². The molecule has 1 rings (SSSR count). The van der Waals surface area contributed by atoms with Crippen molar-refractivity contribution in [1.82, 2.24) is 16.0 Å². The van der Waals surface area contributed by atoms with Gasteiger partial charge < -0.3 is 25.8 Å². The maximum Gasteiger partial charge on any atom is 0.407 e. The van der Waals surface area contributed by atoms with E-state index in [-0.39, 0.29) is 24.0 Å². The molecule has 1 aromatic rings. The lowest BCUT2D eigenvalue weighted by molar-refractivity contribution is 0.0529. The number of nitrogens with zero attached hydrogens (tertiary/aromatic N) is 1. The Balaban J connectivity index is 0.00000676. The van der Waals surface area contributed by atoms with Gasteiger partial charge in [-0.05, 0) is 33.3 Å². The van der Waals surface area contributed by atoms with E-state index in [4.69, 9.17) is 4.74 Å². The molecule has 0 aliphatic rings. The summed E-state index contributed by atoms with van der Waals surface area (Å²) in [5, 5.41) is 19.0. The summed E-state index contributed by atoms with van der Waals surface area (Å²) in [5.74, 6) is 0.602. The molecule has 1 amide bonds. The minimum Gasteiger partial charge on any atom is -0.444 e. The predicted octanol–water partition coefficient (Wildman–Crippen LogP) is 2.29. The number of carbonyl (C=O) groups is 1. The smallest absolute Gasteiger partial charge is 0.407 e. The van der Waals surface area contributed by atoms with Crippen LogP contribution in [0.2, 0.25) is 0 Å². The van der Waals surface area contributed by atoms with Crippen LogP contribution in [0, 0.1) is 0 Å². The number of guanidine groups is 1. The normalized spacial score (nSPS) is 12.6. The Kier molecular flexibility index (Phi) is 12.8. The highest BCUT2D eigenvalue weighted by atomic mass is 127. The molecule has 27 heavy (non-hydrogen) atoms. The van der Waals surface area contributed by atoms with E-state index in [1.807, 2.05) is 58.0 Å². The van der Waals surface area contributed by atoms with Crippen LogP contribution in [0.4, 0.5) is 4.79 Å². The van der Waals surface area contributed by atoms with E-state index in [1.165, 1.54) is 0 Å². The van der Waals surface area contributed by atoms with Crippen molar-refractivity contribution in [2.45, 2.75) is 45.8 Å². The number of benzene rings is 1. The minimum atomic E-state index is -0.548. The third kappa shape index (κ3) is 13.3. The quantitative estimate of drug-likeness (QED) is 0.193. The fraction of sp³-hybridized carbons (Fsp3) is 0.579. The summed E-state index contributed by atoms with van der Waals surface area (Å²) in [6.07, 6.45) is -0.434. The van der Waals surface area contributed by atoms with Crippen LogP contribution in [-0.2, 0) is 11.2 Å².